The van der Waals surface area contributed by atoms with E-state index < -0.39 is 0 Å². The molecule has 1 spiro atoms. The van der Waals surface area contributed by atoms with Crippen LogP contribution < -0.4 is 5.73 Å². The van der Waals surface area contributed by atoms with Gasteiger partial charge in [-0.2, -0.15) is 0 Å². The number of nitrogens with two attached hydrogens (primary N) is 1. The van der Waals surface area contributed by atoms with Gasteiger partial charge in [0, 0.05) is 12.8 Å². The van der Waals surface area contributed by atoms with Gasteiger partial charge in [0.15, 0.2) is 5.79 Å². The Morgan fingerprint density at radius 2 is 1.62 bits per heavy atom. The lowest BCUT2D eigenvalue weighted by molar-refractivity contribution is -0.186. The summed E-state index contributed by atoms with van der Waals surface area (Å²) in [6, 6.07) is 0. The molecule has 0 atom stereocenters. The van der Waals surface area contributed by atoms with Gasteiger partial charge in [-0.15, -0.1) is 0 Å². The smallest absolute Gasteiger partial charge is 0.223 e. The zero-order valence-corrected chi connectivity index (χ0v) is 9.54. The van der Waals surface area contributed by atoms with Crippen molar-refractivity contribution in [1.29, 1.82) is 0 Å². The summed E-state index contributed by atoms with van der Waals surface area (Å²) >= 11 is 0. The molecule has 2 saturated carbocycles. The number of hydrogen-bond donors (Lipinski definition) is 1. The largest absolute Gasteiger partial charge is 0.369 e. The topological polar surface area (TPSA) is 61.6 Å². The number of ether oxygens (including phenoxy) is 2. The number of hydrogen-bond acceptors (Lipinski definition) is 3. The van der Waals surface area contributed by atoms with Crippen molar-refractivity contribution in [2.75, 3.05) is 13.2 Å². The van der Waals surface area contributed by atoms with E-state index in [0.29, 0.717) is 19.1 Å². The average molecular weight is 225 g/mol. The maximum atomic E-state index is 11.5. The van der Waals surface area contributed by atoms with Gasteiger partial charge < -0.3 is 15.2 Å². The highest BCUT2D eigenvalue weighted by Gasteiger charge is 2.56. The molecule has 0 aromatic carbocycles. The minimum atomic E-state index is -0.315. The highest BCUT2D eigenvalue weighted by Crippen LogP contribution is 2.57. The Kier molecular flexibility index (Phi) is 2.27. The molecule has 16 heavy (non-hydrogen) atoms. The molecule has 0 bridgehead atoms. The fourth-order valence-electron chi connectivity index (χ4n) is 3.39. The SMILES string of the molecule is NC(=O)C1(C2CCC3(CC2)OCCO3)CC1. The maximum Gasteiger partial charge on any atom is 0.223 e. The lowest BCUT2D eigenvalue weighted by atomic mass is 9.75. The summed E-state index contributed by atoms with van der Waals surface area (Å²) in [6.45, 7) is 1.43. The van der Waals surface area contributed by atoms with Crippen LogP contribution in [-0.2, 0) is 14.3 Å². The van der Waals surface area contributed by atoms with Crippen molar-refractivity contribution in [1.82, 2.24) is 0 Å². The highest BCUT2D eigenvalue weighted by molar-refractivity contribution is 5.84. The first-order valence-corrected chi connectivity index (χ1v) is 6.25. The van der Waals surface area contributed by atoms with Crippen LogP contribution >= 0.6 is 0 Å². The Balaban J connectivity index is 1.64. The lowest BCUT2D eigenvalue weighted by Crippen LogP contribution is -2.40. The minimum Gasteiger partial charge on any atom is -0.369 e. The zero-order valence-electron chi connectivity index (χ0n) is 9.54. The molecular formula is C12H19NO3. The van der Waals surface area contributed by atoms with Gasteiger partial charge in [0.05, 0.1) is 18.6 Å². The molecule has 3 aliphatic rings. The monoisotopic (exact) mass is 225 g/mol. The van der Waals surface area contributed by atoms with Crippen LogP contribution in [0, 0.1) is 11.3 Å². The van der Waals surface area contributed by atoms with E-state index in [9.17, 15) is 4.79 Å². The molecule has 0 aromatic rings. The molecule has 1 aliphatic heterocycles. The number of carbonyl (C=O) groups excluding carboxylic acids is 1. The number of primary amides is 1. The van der Waals surface area contributed by atoms with Gasteiger partial charge in [0.1, 0.15) is 0 Å². The summed E-state index contributed by atoms with van der Waals surface area (Å²) in [4.78, 5) is 11.5. The van der Waals surface area contributed by atoms with Crippen LogP contribution in [0.15, 0.2) is 0 Å². The summed E-state index contributed by atoms with van der Waals surface area (Å²) in [5.41, 5.74) is 5.34. The van der Waals surface area contributed by atoms with Crippen LogP contribution in [0.25, 0.3) is 0 Å². The zero-order chi connectivity index (χ0) is 11.2. The maximum absolute atomic E-state index is 11.5. The van der Waals surface area contributed by atoms with Crippen molar-refractivity contribution in [3.63, 3.8) is 0 Å². The quantitative estimate of drug-likeness (QED) is 0.767. The number of amides is 1. The van der Waals surface area contributed by atoms with E-state index in [0.717, 1.165) is 38.5 Å². The summed E-state index contributed by atoms with van der Waals surface area (Å²) in [5, 5.41) is 0. The van der Waals surface area contributed by atoms with E-state index in [4.69, 9.17) is 15.2 Å². The van der Waals surface area contributed by atoms with E-state index in [2.05, 4.69) is 0 Å². The van der Waals surface area contributed by atoms with Gasteiger partial charge >= 0.3 is 0 Å². The molecule has 0 unspecified atom stereocenters. The lowest BCUT2D eigenvalue weighted by Gasteiger charge is -2.37. The molecule has 90 valence electrons. The Bertz CT molecular complexity index is 295. The first kappa shape index (κ1) is 10.5. The normalized spacial score (nSPS) is 31.8. The molecule has 3 rings (SSSR count). The van der Waals surface area contributed by atoms with Crippen LogP contribution in [0.2, 0.25) is 0 Å². The Morgan fingerprint density at radius 1 is 1.06 bits per heavy atom. The van der Waals surface area contributed by atoms with Crippen LogP contribution in [-0.4, -0.2) is 24.9 Å². The van der Waals surface area contributed by atoms with Gasteiger partial charge in [0.2, 0.25) is 5.91 Å². The predicted octanol–water partition coefficient (Wildman–Crippen LogP) is 1.19. The van der Waals surface area contributed by atoms with Gasteiger partial charge in [0.25, 0.3) is 0 Å². The Labute approximate surface area is 95.5 Å². The van der Waals surface area contributed by atoms with Gasteiger partial charge in [-0.3, -0.25) is 4.79 Å². The summed E-state index contributed by atoms with van der Waals surface area (Å²) in [7, 11) is 0. The van der Waals surface area contributed by atoms with Crippen molar-refractivity contribution in [3.8, 4) is 0 Å². The highest BCUT2D eigenvalue weighted by atomic mass is 16.7. The van der Waals surface area contributed by atoms with E-state index in [-0.39, 0.29) is 17.1 Å². The van der Waals surface area contributed by atoms with Gasteiger partial charge in [-0.05, 0) is 31.6 Å². The first-order valence-electron chi connectivity index (χ1n) is 6.25. The third-order valence-corrected chi connectivity index (χ3v) is 4.62. The molecule has 4 heteroatoms. The molecule has 0 radical (unpaired) electrons. The minimum absolute atomic E-state index is 0.0956. The van der Waals surface area contributed by atoms with Crippen molar-refractivity contribution in [3.05, 3.63) is 0 Å². The third kappa shape index (κ3) is 1.47. The molecule has 1 saturated heterocycles. The van der Waals surface area contributed by atoms with Crippen molar-refractivity contribution >= 4 is 5.91 Å². The standard InChI is InChI=1S/C12H19NO3/c13-10(14)11(5-6-11)9-1-3-12(4-2-9)15-7-8-16-12/h9H,1-8H2,(H2,13,14). The van der Waals surface area contributed by atoms with E-state index in [1.54, 1.807) is 0 Å². The van der Waals surface area contributed by atoms with E-state index in [1.165, 1.54) is 0 Å². The average Bonchev–Trinajstić information content (AvgIpc) is 2.98. The van der Waals surface area contributed by atoms with Crippen molar-refractivity contribution in [2.24, 2.45) is 17.1 Å². The summed E-state index contributed by atoms with van der Waals surface area (Å²) < 4.78 is 11.4. The molecular weight excluding hydrogens is 206 g/mol. The summed E-state index contributed by atoms with van der Waals surface area (Å²) in [6.07, 6.45) is 5.86. The van der Waals surface area contributed by atoms with E-state index >= 15 is 0 Å². The number of rotatable bonds is 2. The van der Waals surface area contributed by atoms with Gasteiger partial charge in [-0.1, -0.05) is 0 Å². The molecule has 2 aliphatic carbocycles. The number of carbonyl (C=O) groups is 1. The van der Waals surface area contributed by atoms with E-state index in [1.807, 2.05) is 0 Å². The molecule has 1 amide bonds. The molecule has 2 N–H and O–H groups in total. The second-order valence-electron chi connectivity index (χ2n) is 5.40. The van der Waals surface area contributed by atoms with Crippen molar-refractivity contribution in [2.45, 2.75) is 44.3 Å². The van der Waals surface area contributed by atoms with Crippen molar-refractivity contribution < 1.29 is 14.3 Å². The molecule has 0 aromatic heterocycles. The fraction of sp³-hybridized carbons (Fsp3) is 0.917. The molecule has 1 heterocycles. The third-order valence-electron chi connectivity index (χ3n) is 4.62. The second kappa shape index (κ2) is 3.44. The van der Waals surface area contributed by atoms with Crippen LogP contribution in [0.5, 0.6) is 0 Å². The summed E-state index contributed by atoms with van der Waals surface area (Å²) in [5.74, 6) is 0.0506. The molecule has 3 fully saturated rings. The second-order valence-corrected chi connectivity index (χ2v) is 5.40. The van der Waals surface area contributed by atoms with Crippen LogP contribution in [0.1, 0.15) is 38.5 Å². The van der Waals surface area contributed by atoms with Crippen LogP contribution in [0.3, 0.4) is 0 Å². The van der Waals surface area contributed by atoms with Crippen LogP contribution in [0.4, 0.5) is 0 Å². The fourth-order valence-corrected chi connectivity index (χ4v) is 3.39. The molecule has 4 nitrogen and oxygen atoms in total. The Morgan fingerprint density at radius 3 is 2.06 bits per heavy atom. The first-order chi connectivity index (χ1) is 7.67. The van der Waals surface area contributed by atoms with Gasteiger partial charge in [-0.25, -0.2) is 0 Å². The Hall–Kier alpha value is -0.610. The predicted molar refractivity (Wildman–Crippen MR) is 57.5 cm³/mol.